The van der Waals surface area contributed by atoms with Crippen molar-refractivity contribution in [2.24, 2.45) is 5.84 Å². The number of anilines is 1. The normalized spacial score (nSPS) is 17.4. The van der Waals surface area contributed by atoms with Crippen molar-refractivity contribution in [3.05, 3.63) is 16.3 Å². The minimum atomic E-state index is 0.497. The second kappa shape index (κ2) is 5.66. The van der Waals surface area contributed by atoms with Gasteiger partial charge in [-0.15, -0.1) is 11.3 Å². The molecule has 0 aliphatic heterocycles. The Kier molecular flexibility index (Phi) is 3.89. The third-order valence-electron chi connectivity index (χ3n) is 4.40. The van der Waals surface area contributed by atoms with Gasteiger partial charge in [-0.2, -0.15) is 0 Å². The number of nitrogens with one attached hydrogen (secondary N) is 1. The molecule has 1 aliphatic rings. The first-order valence-electron chi connectivity index (χ1n) is 7.45. The van der Waals surface area contributed by atoms with E-state index in [9.17, 15) is 0 Å². The molecule has 20 heavy (non-hydrogen) atoms. The van der Waals surface area contributed by atoms with E-state index in [4.69, 9.17) is 15.8 Å². The molecule has 2 aromatic heterocycles. The maximum atomic E-state index is 5.69. The van der Waals surface area contributed by atoms with Crippen molar-refractivity contribution in [1.29, 1.82) is 0 Å². The monoisotopic (exact) mass is 290 g/mol. The summed E-state index contributed by atoms with van der Waals surface area (Å²) in [6, 6.07) is 0. The van der Waals surface area contributed by atoms with E-state index in [2.05, 4.69) is 19.3 Å². The zero-order valence-electron chi connectivity index (χ0n) is 12.2. The van der Waals surface area contributed by atoms with E-state index in [1.807, 2.05) is 0 Å². The van der Waals surface area contributed by atoms with E-state index in [-0.39, 0.29) is 0 Å². The maximum absolute atomic E-state index is 5.69. The summed E-state index contributed by atoms with van der Waals surface area (Å²) < 4.78 is 0. The standard InChI is InChI=1S/C15H22N4S/c1-9-10(2)20-15-12(9)14(19-16)17-13(18-15)11-7-5-3-4-6-8-11/h11H,3-8,16H2,1-2H3,(H,17,18,19). The van der Waals surface area contributed by atoms with Crippen LogP contribution in [0, 0.1) is 13.8 Å². The summed E-state index contributed by atoms with van der Waals surface area (Å²) in [4.78, 5) is 11.9. The van der Waals surface area contributed by atoms with Crippen molar-refractivity contribution in [2.45, 2.75) is 58.3 Å². The van der Waals surface area contributed by atoms with Crippen LogP contribution in [0.15, 0.2) is 0 Å². The molecule has 0 bridgehead atoms. The summed E-state index contributed by atoms with van der Waals surface area (Å²) in [6.45, 7) is 4.25. The number of thiophene rings is 1. The SMILES string of the molecule is Cc1sc2nc(C3CCCCCC3)nc(NN)c2c1C. The van der Waals surface area contributed by atoms with Crippen LogP contribution in [0.25, 0.3) is 10.2 Å². The summed E-state index contributed by atoms with van der Waals surface area (Å²) in [6.07, 6.45) is 7.69. The van der Waals surface area contributed by atoms with E-state index in [0.717, 1.165) is 21.9 Å². The summed E-state index contributed by atoms with van der Waals surface area (Å²) in [5, 5.41) is 1.09. The van der Waals surface area contributed by atoms with Gasteiger partial charge in [-0.05, 0) is 32.3 Å². The Bertz CT molecular complexity index is 612. The fourth-order valence-electron chi connectivity index (χ4n) is 3.09. The summed E-state index contributed by atoms with van der Waals surface area (Å²) in [5.74, 6) is 7.95. The lowest BCUT2D eigenvalue weighted by Gasteiger charge is -2.14. The molecule has 108 valence electrons. The van der Waals surface area contributed by atoms with Crippen molar-refractivity contribution in [1.82, 2.24) is 9.97 Å². The molecule has 0 unspecified atom stereocenters. The Morgan fingerprint density at radius 1 is 1.10 bits per heavy atom. The second-order valence-electron chi connectivity index (χ2n) is 5.73. The zero-order chi connectivity index (χ0) is 14.1. The number of hydrazine groups is 1. The molecule has 2 heterocycles. The number of hydrogen-bond donors (Lipinski definition) is 2. The van der Waals surface area contributed by atoms with Crippen molar-refractivity contribution in [3.63, 3.8) is 0 Å². The van der Waals surface area contributed by atoms with Gasteiger partial charge in [-0.25, -0.2) is 15.8 Å². The molecule has 0 amide bonds. The average Bonchev–Trinajstić information content (AvgIpc) is 2.66. The first kappa shape index (κ1) is 13.8. The van der Waals surface area contributed by atoms with Gasteiger partial charge in [0, 0.05) is 10.8 Å². The minimum Gasteiger partial charge on any atom is -0.308 e. The number of aromatic nitrogens is 2. The lowest BCUT2D eigenvalue weighted by Crippen LogP contribution is -2.12. The van der Waals surface area contributed by atoms with Crippen molar-refractivity contribution >= 4 is 27.4 Å². The van der Waals surface area contributed by atoms with Crippen LogP contribution in [0.3, 0.4) is 0 Å². The highest BCUT2D eigenvalue weighted by Gasteiger charge is 2.21. The van der Waals surface area contributed by atoms with Gasteiger partial charge in [0.25, 0.3) is 0 Å². The minimum absolute atomic E-state index is 0.497. The van der Waals surface area contributed by atoms with Gasteiger partial charge in [0.2, 0.25) is 0 Å². The Morgan fingerprint density at radius 3 is 2.45 bits per heavy atom. The molecule has 2 aromatic rings. The number of hydrogen-bond acceptors (Lipinski definition) is 5. The molecule has 0 radical (unpaired) electrons. The molecule has 0 aromatic carbocycles. The molecule has 3 rings (SSSR count). The predicted octanol–water partition coefficient (Wildman–Crippen LogP) is 4.03. The Balaban J connectivity index is 2.07. The lowest BCUT2D eigenvalue weighted by molar-refractivity contribution is 0.563. The van der Waals surface area contributed by atoms with Gasteiger partial charge >= 0.3 is 0 Å². The summed E-state index contributed by atoms with van der Waals surface area (Å²) in [7, 11) is 0. The smallest absolute Gasteiger partial charge is 0.152 e. The molecule has 0 atom stereocenters. The molecule has 0 saturated heterocycles. The van der Waals surface area contributed by atoms with E-state index >= 15 is 0 Å². The number of fused-ring (bicyclic) bond motifs is 1. The number of rotatable bonds is 2. The van der Waals surface area contributed by atoms with Crippen molar-refractivity contribution < 1.29 is 0 Å². The van der Waals surface area contributed by atoms with Gasteiger partial charge in [0.1, 0.15) is 10.7 Å². The highest BCUT2D eigenvalue weighted by Crippen LogP contribution is 2.36. The molecular weight excluding hydrogens is 268 g/mol. The van der Waals surface area contributed by atoms with Crippen LogP contribution in [-0.2, 0) is 0 Å². The summed E-state index contributed by atoms with van der Waals surface area (Å²) >= 11 is 1.74. The van der Waals surface area contributed by atoms with Crippen LogP contribution in [0.4, 0.5) is 5.82 Å². The van der Waals surface area contributed by atoms with Crippen LogP contribution in [-0.4, -0.2) is 9.97 Å². The Labute approximate surface area is 123 Å². The van der Waals surface area contributed by atoms with Gasteiger partial charge in [0.05, 0.1) is 5.39 Å². The molecular formula is C15H22N4S. The third-order valence-corrected chi connectivity index (χ3v) is 5.50. The molecule has 1 aliphatic carbocycles. The fraction of sp³-hybridized carbons (Fsp3) is 0.600. The highest BCUT2D eigenvalue weighted by molar-refractivity contribution is 7.18. The fourth-order valence-corrected chi connectivity index (χ4v) is 4.13. The van der Waals surface area contributed by atoms with E-state index in [1.165, 1.54) is 49.0 Å². The van der Waals surface area contributed by atoms with Gasteiger partial charge in [0.15, 0.2) is 5.82 Å². The molecule has 0 spiro atoms. The largest absolute Gasteiger partial charge is 0.308 e. The molecule has 3 N–H and O–H groups in total. The molecule has 1 saturated carbocycles. The average molecular weight is 290 g/mol. The first-order valence-corrected chi connectivity index (χ1v) is 8.26. The van der Waals surface area contributed by atoms with E-state index in [1.54, 1.807) is 11.3 Å². The van der Waals surface area contributed by atoms with Gasteiger partial charge in [-0.3, -0.25) is 0 Å². The maximum Gasteiger partial charge on any atom is 0.152 e. The van der Waals surface area contributed by atoms with Gasteiger partial charge < -0.3 is 5.43 Å². The van der Waals surface area contributed by atoms with Crippen molar-refractivity contribution in [3.8, 4) is 0 Å². The zero-order valence-corrected chi connectivity index (χ0v) is 13.0. The summed E-state index contributed by atoms with van der Waals surface area (Å²) in [5.41, 5.74) is 4.02. The van der Waals surface area contributed by atoms with Gasteiger partial charge in [-0.1, -0.05) is 25.7 Å². The predicted molar refractivity (Wildman–Crippen MR) is 85.1 cm³/mol. The Hall–Kier alpha value is -1.20. The number of nitrogens with zero attached hydrogens (tertiary/aromatic N) is 2. The first-order chi connectivity index (χ1) is 9.70. The lowest BCUT2D eigenvalue weighted by atomic mass is 9.99. The van der Waals surface area contributed by atoms with E-state index in [0.29, 0.717) is 5.92 Å². The number of nitrogen functional groups attached to an aromatic ring is 1. The molecule has 5 heteroatoms. The van der Waals surface area contributed by atoms with E-state index < -0.39 is 0 Å². The molecule has 1 fully saturated rings. The van der Waals surface area contributed by atoms with Crippen molar-refractivity contribution in [2.75, 3.05) is 5.43 Å². The van der Waals surface area contributed by atoms with Crippen LogP contribution in [0.1, 0.15) is 60.7 Å². The number of nitrogens with two attached hydrogens (primary N) is 1. The topological polar surface area (TPSA) is 63.8 Å². The quantitative estimate of drug-likeness (QED) is 0.498. The van der Waals surface area contributed by atoms with Crippen LogP contribution >= 0.6 is 11.3 Å². The second-order valence-corrected chi connectivity index (χ2v) is 6.93. The number of aryl methyl sites for hydroxylation is 2. The van der Waals surface area contributed by atoms with Crippen LogP contribution in [0.5, 0.6) is 0 Å². The third kappa shape index (κ3) is 2.40. The molecule has 4 nitrogen and oxygen atoms in total. The Morgan fingerprint density at radius 2 is 1.80 bits per heavy atom. The van der Waals surface area contributed by atoms with Crippen LogP contribution in [0.2, 0.25) is 0 Å². The van der Waals surface area contributed by atoms with Crippen LogP contribution < -0.4 is 11.3 Å². The highest BCUT2D eigenvalue weighted by atomic mass is 32.1.